The Morgan fingerprint density at radius 2 is 2.07 bits per heavy atom. The van der Waals surface area contributed by atoms with Gasteiger partial charge in [-0.15, -0.1) is 0 Å². The molecule has 1 aliphatic carbocycles. The van der Waals surface area contributed by atoms with Gasteiger partial charge in [0.15, 0.2) is 0 Å². The van der Waals surface area contributed by atoms with Crippen molar-refractivity contribution in [1.29, 1.82) is 0 Å². The Bertz CT molecular complexity index is 315. The summed E-state index contributed by atoms with van der Waals surface area (Å²) in [6.45, 7) is 5.18. The van der Waals surface area contributed by atoms with Crippen LogP contribution in [0.3, 0.4) is 0 Å². The molecular weight excluding hydrogens is 184 g/mol. The molecule has 0 amide bonds. The van der Waals surface area contributed by atoms with E-state index in [0.29, 0.717) is 0 Å². The van der Waals surface area contributed by atoms with Crippen LogP contribution in [0.4, 0.5) is 0 Å². The van der Waals surface area contributed by atoms with E-state index in [0.717, 1.165) is 18.9 Å². The standard InChI is InChI=1S/C14H20O/c1-3-10-15-11(2)13-6-4-5-7-14(13)12-8-9-12/h4-7,11-12H,3,8-10H2,1-2H3. The molecule has 0 spiro atoms. The predicted octanol–water partition coefficient (Wildman–Crippen LogP) is 4.05. The van der Waals surface area contributed by atoms with Crippen molar-refractivity contribution in [1.82, 2.24) is 0 Å². The SMILES string of the molecule is CCCOC(C)c1ccccc1C1CC1. The van der Waals surface area contributed by atoms with Gasteiger partial charge < -0.3 is 4.74 Å². The summed E-state index contributed by atoms with van der Waals surface area (Å²) in [6, 6.07) is 8.74. The van der Waals surface area contributed by atoms with Gasteiger partial charge in [0.25, 0.3) is 0 Å². The van der Waals surface area contributed by atoms with Crippen molar-refractivity contribution < 1.29 is 4.74 Å². The molecule has 1 fully saturated rings. The maximum absolute atomic E-state index is 5.80. The van der Waals surface area contributed by atoms with E-state index in [1.165, 1.54) is 24.0 Å². The molecule has 0 radical (unpaired) electrons. The number of hydrogen-bond donors (Lipinski definition) is 0. The van der Waals surface area contributed by atoms with Crippen LogP contribution in [-0.4, -0.2) is 6.61 Å². The van der Waals surface area contributed by atoms with E-state index in [1.54, 1.807) is 0 Å². The Kier molecular flexibility index (Phi) is 3.42. The van der Waals surface area contributed by atoms with Crippen LogP contribution in [0.15, 0.2) is 24.3 Å². The maximum Gasteiger partial charge on any atom is 0.0799 e. The number of ether oxygens (including phenoxy) is 1. The van der Waals surface area contributed by atoms with Gasteiger partial charge in [-0.3, -0.25) is 0 Å². The quantitative estimate of drug-likeness (QED) is 0.703. The summed E-state index contributed by atoms with van der Waals surface area (Å²) in [5.74, 6) is 0.814. The Balaban J connectivity index is 2.11. The first-order valence-electron chi connectivity index (χ1n) is 6.03. The van der Waals surface area contributed by atoms with Crippen molar-refractivity contribution in [2.24, 2.45) is 0 Å². The minimum Gasteiger partial charge on any atom is -0.374 e. The van der Waals surface area contributed by atoms with E-state index >= 15 is 0 Å². The number of hydrogen-bond acceptors (Lipinski definition) is 1. The number of benzene rings is 1. The average molecular weight is 204 g/mol. The summed E-state index contributed by atoms with van der Waals surface area (Å²) in [6.07, 6.45) is 4.06. The molecule has 1 aromatic carbocycles. The summed E-state index contributed by atoms with van der Waals surface area (Å²) < 4.78 is 5.80. The highest BCUT2D eigenvalue weighted by atomic mass is 16.5. The van der Waals surface area contributed by atoms with Crippen molar-refractivity contribution in [3.05, 3.63) is 35.4 Å². The van der Waals surface area contributed by atoms with Crippen LogP contribution in [0.5, 0.6) is 0 Å². The van der Waals surface area contributed by atoms with Crippen molar-refractivity contribution in [2.45, 2.75) is 45.1 Å². The topological polar surface area (TPSA) is 9.23 Å². The summed E-state index contributed by atoms with van der Waals surface area (Å²) in [7, 11) is 0. The molecule has 82 valence electrons. The van der Waals surface area contributed by atoms with Gasteiger partial charge in [0.05, 0.1) is 6.10 Å². The van der Waals surface area contributed by atoms with E-state index < -0.39 is 0 Å². The van der Waals surface area contributed by atoms with Crippen LogP contribution >= 0.6 is 0 Å². The van der Waals surface area contributed by atoms with Crippen LogP contribution in [0.2, 0.25) is 0 Å². The van der Waals surface area contributed by atoms with Crippen molar-refractivity contribution in [3.8, 4) is 0 Å². The summed E-state index contributed by atoms with van der Waals surface area (Å²) >= 11 is 0. The lowest BCUT2D eigenvalue weighted by molar-refractivity contribution is 0.0657. The Hall–Kier alpha value is -0.820. The second-order valence-electron chi connectivity index (χ2n) is 4.42. The minimum atomic E-state index is 0.252. The highest BCUT2D eigenvalue weighted by molar-refractivity contribution is 5.34. The third-order valence-corrected chi connectivity index (χ3v) is 3.02. The van der Waals surface area contributed by atoms with Gasteiger partial charge in [0, 0.05) is 6.61 Å². The van der Waals surface area contributed by atoms with Gasteiger partial charge in [-0.25, -0.2) is 0 Å². The van der Waals surface area contributed by atoms with Crippen LogP contribution in [0.1, 0.15) is 56.3 Å². The van der Waals surface area contributed by atoms with Crippen LogP contribution in [-0.2, 0) is 4.74 Å². The molecular formula is C14H20O. The molecule has 15 heavy (non-hydrogen) atoms. The zero-order valence-electron chi connectivity index (χ0n) is 9.70. The van der Waals surface area contributed by atoms with E-state index in [9.17, 15) is 0 Å². The maximum atomic E-state index is 5.80. The van der Waals surface area contributed by atoms with Crippen molar-refractivity contribution in [3.63, 3.8) is 0 Å². The fourth-order valence-electron chi connectivity index (χ4n) is 2.03. The molecule has 1 atom stereocenters. The van der Waals surface area contributed by atoms with Gasteiger partial charge in [0.2, 0.25) is 0 Å². The van der Waals surface area contributed by atoms with Crippen molar-refractivity contribution in [2.75, 3.05) is 6.61 Å². The summed E-state index contributed by atoms with van der Waals surface area (Å²) in [5.41, 5.74) is 2.91. The lowest BCUT2D eigenvalue weighted by Crippen LogP contribution is -2.03. The largest absolute Gasteiger partial charge is 0.374 e. The third kappa shape index (κ3) is 2.60. The predicted molar refractivity (Wildman–Crippen MR) is 63.1 cm³/mol. The van der Waals surface area contributed by atoms with Gasteiger partial charge in [-0.1, -0.05) is 31.2 Å². The van der Waals surface area contributed by atoms with Crippen LogP contribution in [0.25, 0.3) is 0 Å². The molecule has 1 heteroatoms. The zero-order chi connectivity index (χ0) is 10.7. The van der Waals surface area contributed by atoms with Crippen LogP contribution in [0, 0.1) is 0 Å². The molecule has 0 bridgehead atoms. The first-order valence-corrected chi connectivity index (χ1v) is 6.03. The first-order chi connectivity index (χ1) is 7.33. The Labute approximate surface area is 92.5 Å². The molecule has 0 heterocycles. The van der Waals surface area contributed by atoms with Gasteiger partial charge in [-0.2, -0.15) is 0 Å². The van der Waals surface area contributed by atoms with Crippen molar-refractivity contribution >= 4 is 0 Å². The molecule has 1 nitrogen and oxygen atoms in total. The molecule has 0 aromatic heterocycles. The smallest absolute Gasteiger partial charge is 0.0799 e. The molecule has 1 aliphatic rings. The lowest BCUT2D eigenvalue weighted by atomic mass is 10.00. The van der Waals surface area contributed by atoms with Crippen LogP contribution < -0.4 is 0 Å². The van der Waals surface area contributed by atoms with Gasteiger partial charge in [0.1, 0.15) is 0 Å². The van der Waals surface area contributed by atoms with E-state index in [2.05, 4.69) is 38.1 Å². The molecule has 1 saturated carbocycles. The fourth-order valence-corrected chi connectivity index (χ4v) is 2.03. The molecule has 2 rings (SSSR count). The molecule has 1 aromatic rings. The Morgan fingerprint density at radius 3 is 2.73 bits per heavy atom. The number of rotatable bonds is 5. The molecule has 0 saturated heterocycles. The third-order valence-electron chi connectivity index (χ3n) is 3.02. The highest BCUT2D eigenvalue weighted by Gasteiger charge is 2.26. The lowest BCUT2D eigenvalue weighted by Gasteiger charge is -2.16. The first kappa shape index (κ1) is 10.7. The monoisotopic (exact) mass is 204 g/mol. The summed E-state index contributed by atoms with van der Waals surface area (Å²) in [4.78, 5) is 0. The molecule has 0 aliphatic heterocycles. The van der Waals surface area contributed by atoms with E-state index in [4.69, 9.17) is 4.74 Å². The fraction of sp³-hybridized carbons (Fsp3) is 0.571. The average Bonchev–Trinajstić information content (AvgIpc) is 3.09. The second-order valence-corrected chi connectivity index (χ2v) is 4.42. The molecule has 1 unspecified atom stereocenters. The zero-order valence-corrected chi connectivity index (χ0v) is 9.70. The highest BCUT2D eigenvalue weighted by Crippen LogP contribution is 2.43. The minimum absolute atomic E-state index is 0.252. The normalized spacial score (nSPS) is 17.7. The van der Waals surface area contributed by atoms with E-state index in [-0.39, 0.29) is 6.10 Å². The van der Waals surface area contributed by atoms with E-state index in [1.807, 2.05) is 0 Å². The summed E-state index contributed by atoms with van der Waals surface area (Å²) in [5, 5.41) is 0. The molecule has 0 N–H and O–H groups in total. The van der Waals surface area contributed by atoms with Gasteiger partial charge >= 0.3 is 0 Å². The Morgan fingerprint density at radius 1 is 1.33 bits per heavy atom. The van der Waals surface area contributed by atoms with Gasteiger partial charge in [-0.05, 0) is 43.2 Å². The second kappa shape index (κ2) is 4.80.